The van der Waals surface area contributed by atoms with E-state index in [1.807, 2.05) is 49.3 Å². The van der Waals surface area contributed by atoms with Gasteiger partial charge in [-0.05, 0) is 55.4 Å². The molecule has 2 aromatic rings. The second kappa shape index (κ2) is 10.3. The Morgan fingerprint density at radius 1 is 1.07 bits per heavy atom. The van der Waals surface area contributed by atoms with Gasteiger partial charge < -0.3 is 24.4 Å². The van der Waals surface area contributed by atoms with E-state index in [1.165, 1.54) is 0 Å². The lowest BCUT2D eigenvalue weighted by Crippen LogP contribution is -2.19. The van der Waals surface area contributed by atoms with Crippen molar-refractivity contribution in [1.29, 1.82) is 0 Å². The predicted molar refractivity (Wildman–Crippen MR) is 116 cm³/mol. The fourth-order valence-electron chi connectivity index (χ4n) is 2.61. The SMILES string of the molecule is COCOc1ccc(C(C)(C)C)cc1NC(=O)c1cccc(OCCN(C)C)c1. The molecule has 29 heavy (non-hydrogen) atoms. The van der Waals surface area contributed by atoms with Crippen molar-refractivity contribution in [3.05, 3.63) is 53.6 Å². The average molecular weight is 401 g/mol. The number of hydrogen-bond acceptors (Lipinski definition) is 5. The molecule has 2 rings (SSSR count). The van der Waals surface area contributed by atoms with Gasteiger partial charge in [0.25, 0.3) is 5.91 Å². The van der Waals surface area contributed by atoms with E-state index in [2.05, 4.69) is 26.1 Å². The number of carbonyl (C=O) groups excluding carboxylic acids is 1. The molecule has 0 fully saturated rings. The van der Waals surface area contributed by atoms with Crippen molar-refractivity contribution in [2.45, 2.75) is 26.2 Å². The molecule has 0 atom stereocenters. The summed E-state index contributed by atoms with van der Waals surface area (Å²) >= 11 is 0. The van der Waals surface area contributed by atoms with Crippen LogP contribution in [-0.2, 0) is 10.2 Å². The summed E-state index contributed by atoms with van der Waals surface area (Å²) in [5, 5.41) is 2.97. The second-order valence-electron chi connectivity index (χ2n) is 8.15. The van der Waals surface area contributed by atoms with Crippen LogP contribution in [0.3, 0.4) is 0 Å². The van der Waals surface area contributed by atoms with Crippen LogP contribution >= 0.6 is 0 Å². The number of rotatable bonds is 9. The third kappa shape index (κ3) is 7.07. The minimum Gasteiger partial charge on any atom is -0.492 e. The number of nitrogens with zero attached hydrogens (tertiary/aromatic N) is 1. The number of amides is 1. The van der Waals surface area contributed by atoms with Crippen LogP contribution in [0.1, 0.15) is 36.7 Å². The highest BCUT2D eigenvalue weighted by molar-refractivity contribution is 6.05. The number of benzene rings is 2. The van der Waals surface area contributed by atoms with E-state index in [0.717, 1.165) is 12.1 Å². The van der Waals surface area contributed by atoms with Gasteiger partial charge in [0.05, 0.1) is 5.69 Å². The molecular weight excluding hydrogens is 368 g/mol. The number of carbonyl (C=O) groups is 1. The first kappa shape index (κ1) is 22.7. The summed E-state index contributed by atoms with van der Waals surface area (Å²) < 4.78 is 16.4. The zero-order chi connectivity index (χ0) is 21.4. The molecule has 2 aromatic carbocycles. The van der Waals surface area contributed by atoms with Gasteiger partial charge in [0.1, 0.15) is 18.1 Å². The van der Waals surface area contributed by atoms with E-state index >= 15 is 0 Å². The molecular formula is C23H32N2O4. The molecule has 1 N–H and O–H groups in total. The molecule has 0 saturated heterocycles. The molecule has 0 aliphatic rings. The van der Waals surface area contributed by atoms with E-state index in [0.29, 0.717) is 29.4 Å². The van der Waals surface area contributed by atoms with Crippen molar-refractivity contribution in [1.82, 2.24) is 4.90 Å². The zero-order valence-corrected chi connectivity index (χ0v) is 18.2. The fourth-order valence-corrected chi connectivity index (χ4v) is 2.61. The van der Waals surface area contributed by atoms with E-state index in [1.54, 1.807) is 19.2 Å². The van der Waals surface area contributed by atoms with Crippen LogP contribution in [0.2, 0.25) is 0 Å². The van der Waals surface area contributed by atoms with Crippen LogP contribution in [0.5, 0.6) is 11.5 Å². The van der Waals surface area contributed by atoms with Crippen molar-refractivity contribution in [3.63, 3.8) is 0 Å². The number of likely N-dealkylation sites (N-methyl/N-ethyl adjacent to an activating group) is 1. The molecule has 0 aliphatic carbocycles. The molecule has 0 heterocycles. The lowest BCUT2D eigenvalue weighted by molar-refractivity contribution is 0.0515. The first-order valence-electron chi connectivity index (χ1n) is 9.66. The average Bonchev–Trinajstić information content (AvgIpc) is 2.66. The van der Waals surface area contributed by atoms with Crippen molar-refractivity contribution >= 4 is 11.6 Å². The van der Waals surface area contributed by atoms with Gasteiger partial charge in [-0.15, -0.1) is 0 Å². The van der Waals surface area contributed by atoms with Gasteiger partial charge in [-0.2, -0.15) is 0 Å². The van der Waals surface area contributed by atoms with Gasteiger partial charge in [-0.1, -0.05) is 32.9 Å². The van der Waals surface area contributed by atoms with E-state index in [4.69, 9.17) is 14.2 Å². The Labute approximate surface area is 173 Å². The quantitative estimate of drug-likeness (QED) is 0.641. The largest absolute Gasteiger partial charge is 0.492 e. The number of hydrogen-bond donors (Lipinski definition) is 1. The normalized spacial score (nSPS) is 11.4. The summed E-state index contributed by atoms with van der Waals surface area (Å²) in [6.07, 6.45) is 0. The van der Waals surface area contributed by atoms with Crippen molar-refractivity contribution in [2.75, 3.05) is 46.5 Å². The molecule has 0 radical (unpaired) electrons. The van der Waals surface area contributed by atoms with Crippen molar-refractivity contribution in [3.8, 4) is 11.5 Å². The van der Waals surface area contributed by atoms with Crippen molar-refractivity contribution < 1.29 is 19.0 Å². The smallest absolute Gasteiger partial charge is 0.255 e. The Balaban J connectivity index is 2.20. The molecule has 0 aromatic heterocycles. The number of anilines is 1. The second-order valence-corrected chi connectivity index (χ2v) is 8.15. The Kier molecular flexibility index (Phi) is 8.05. The third-order valence-corrected chi connectivity index (χ3v) is 4.33. The van der Waals surface area contributed by atoms with E-state index in [-0.39, 0.29) is 18.1 Å². The fraction of sp³-hybridized carbons (Fsp3) is 0.435. The van der Waals surface area contributed by atoms with Crippen LogP contribution in [0.15, 0.2) is 42.5 Å². The minimum absolute atomic E-state index is 0.0561. The summed E-state index contributed by atoms with van der Waals surface area (Å²) in [5.41, 5.74) is 2.17. The zero-order valence-electron chi connectivity index (χ0n) is 18.2. The van der Waals surface area contributed by atoms with Crippen LogP contribution in [-0.4, -0.2) is 52.0 Å². The molecule has 6 heteroatoms. The topological polar surface area (TPSA) is 60.0 Å². The van der Waals surface area contributed by atoms with Crippen LogP contribution in [0.4, 0.5) is 5.69 Å². The standard InChI is InChI=1S/C23H32N2O4/c1-23(2,3)18-10-11-21(29-16-27-6)20(15-18)24-22(26)17-8-7-9-19(14-17)28-13-12-25(4)5/h7-11,14-15H,12-13,16H2,1-6H3,(H,24,26). The number of nitrogens with one attached hydrogen (secondary N) is 1. The number of methoxy groups -OCH3 is 1. The maximum absolute atomic E-state index is 12.9. The highest BCUT2D eigenvalue weighted by atomic mass is 16.7. The third-order valence-electron chi connectivity index (χ3n) is 4.33. The molecule has 6 nitrogen and oxygen atoms in total. The molecule has 0 saturated carbocycles. The van der Waals surface area contributed by atoms with Crippen molar-refractivity contribution in [2.24, 2.45) is 0 Å². The van der Waals surface area contributed by atoms with Crippen LogP contribution in [0.25, 0.3) is 0 Å². The minimum atomic E-state index is -0.226. The maximum atomic E-state index is 12.9. The summed E-state index contributed by atoms with van der Waals surface area (Å²) in [6.45, 7) is 7.83. The van der Waals surface area contributed by atoms with Gasteiger partial charge in [0, 0.05) is 19.2 Å². The summed E-state index contributed by atoms with van der Waals surface area (Å²) in [5.74, 6) is 1.00. The molecule has 1 amide bonds. The Hall–Kier alpha value is -2.57. The summed E-state index contributed by atoms with van der Waals surface area (Å²) in [7, 11) is 5.54. The predicted octanol–water partition coefficient (Wildman–Crippen LogP) is 4.16. The lowest BCUT2D eigenvalue weighted by Gasteiger charge is -2.21. The first-order valence-corrected chi connectivity index (χ1v) is 9.66. The highest BCUT2D eigenvalue weighted by Crippen LogP contribution is 2.32. The molecule has 0 aliphatic heterocycles. The highest BCUT2D eigenvalue weighted by Gasteiger charge is 2.18. The van der Waals surface area contributed by atoms with Crippen LogP contribution < -0.4 is 14.8 Å². The van der Waals surface area contributed by atoms with Gasteiger partial charge in [0.2, 0.25) is 0 Å². The summed E-state index contributed by atoms with van der Waals surface area (Å²) in [6, 6.07) is 13.0. The Bertz CT molecular complexity index is 813. The lowest BCUT2D eigenvalue weighted by atomic mass is 9.87. The molecule has 0 spiro atoms. The maximum Gasteiger partial charge on any atom is 0.255 e. The summed E-state index contributed by atoms with van der Waals surface area (Å²) in [4.78, 5) is 14.9. The van der Waals surface area contributed by atoms with E-state index in [9.17, 15) is 4.79 Å². The Morgan fingerprint density at radius 2 is 1.83 bits per heavy atom. The molecule has 0 bridgehead atoms. The number of ether oxygens (including phenoxy) is 3. The first-order chi connectivity index (χ1) is 13.7. The Morgan fingerprint density at radius 3 is 2.48 bits per heavy atom. The van der Waals surface area contributed by atoms with Gasteiger partial charge in [0.15, 0.2) is 6.79 Å². The van der Waals surface area contributed by atoms with Gasteiger partial charge in [-0.3, -0.25) is 4.79 Å². The van der Waals surface area contributed by atoms with Crippen LogP contribution in [0, 0.1) is 0 Å². The van der Waals surface area contributed by atoms with Gasteiger partial charge >= 0.3 is 0 Å². The van der Waals surface area contributed by atoms with Gasteiger partial charge in [-0.25, -0.2) is 0 Å². The van der Waals surface area contributed by atoms with E-state index < -0.39 is 0 Å². The molecule has 158 valence electrons. The monoisotopic (exact) mass is 400 g/mol. The molecule has 0 unspecified atom stereocenters.